The number of nitrogens with zero attached hydrogens (tertiary/aromatic N) is 3. The van der Waals surface area contributed by atoms with Gasteiger partial charge in [-0.05, 0) is 49.2 Å². The van der Waals surface area contributed by atoms with E-state index in [-0.39, 0.29) is 11.8 Å². The molecule has 0 spiro atoms. The summed E-state index contributed by atoms with van der Waals surface area (Å²) in [5.74, 6) is 0.881. The number of pyridine rings is 1. The maximum Gasteiger partial charge on any atom is 0.254 e. The van der Waals surface area contributed by atoms with E-state index in [0.717, 1.165) is 6.42 Å². The van der Waals surface area contributed by atoms with Gasteiger partial charge in [0.2, 0.25) is 5.91 Å². The van der Waals surface area contributed by atoms with E-state index in [1.165, 1.54) is 11.3 Å². The maximum atomic E-state index is 12.9. The lowest BCUT2D eigenvalue weighted by Crippen LogP contribution is -2.43. The Labute approximate surface area is 166 Å². The summed E-state index contributed by atoms with van der Waals surface area (Å²) in [6.07, 6.45) is 6.36. The van der Waals surface area contributed by atoms with E-state index in [1.807, 2.05) is 6.07 Å². The smallest absolute Gasteiger partial charge is 0.254 e. The van der Waals surface area contributed by atoms with Crippen molar-refractivity contribution in [3.8, 4) is 11.5 Å². The fraction of sp³-hybridized carbons (Fsp3) is 0.200. The zero-order valence-corrected chi connectivity index (χ0v) is 15.8. The fourth-order valence-corrected chi connectivity index (χ4v) is 3.66. The van der Waals surface area contributed by atoms with Gasteiger partial charge >= 0.3 is 0 Å². The van der Waals surface area contributed by atoms with Crippen LogP contribution in [0.3, 0.4) is 0 Å². The molecule has 28 heavy (non-hydrogen) atoms. The molecule has 0 bridgehead atoms. The highest BCUT2D eigenvalue weighted by Crippen LogP contribution is 2.25. The number of hydrogen-bond acceptors (Lipinski definition) is 6. The molecule has 0 aliphatic carbocycles. The number of ether oxygens (including phenoxy) is 1. The van der Waals surface area contributed by atoms with Gasteiger partial charge in [0.25, 0.3) is 5.91 Å². The number of hydrogen-bond donors (Lipinski definition) is 1. The van der Waals surface area contributed by atoms with Gasteiger partial charge in [-0.2, -0.15) is 0 Å². The van der Waals surface area contributed by atoms with Gasteiger partial charge in [-0.25, -0.2) is 4.98 Å². The molecule has 1 atom stereocenters. The minimum absolute atomic E-state index is 0.162. The van der Waals surface area contributed by atoms with Crippen LogP contribution in [0.4, 0.5) is 5.13 Å². The molecule has 7 nitrogen and oxygen atoms in total. The van der Waals surface area contributed by atoms with Crippen LogP contribution in [0.2, 0.25) is 0 Å². The standard InChI is InChI=1S/C20H18N4O3S/c25-18(23-20-22-10-12-28-20)17-4-2-11-24(17)19(26)14-5-7-15(8-6-14)27-16-3-1-9-21-13-16/h1,3,5-10,12-13,17H,2,4,11H2,(H,22,23,25). The largest absolute Gasteiger partial charge is 0.456 e. The number of rotatable bonds is 5. The molecule has 2 amide bonds. The zero-order valence-electron chi connectivity index (χ0n) is 14.9. The highest BCUT2D eigenvalue weighted by Gasteiger charge is 2.34. The first-order valence-corrected chi connectivity index (χ1v) is 9.78. The second-order valence-electron chi connectivity index (χ2n) is 6.30. The number of anilines is 1. The van der Waals surface area contributed by atoms with Crippen LogP contribution < -0.4 is 10.1 Å². The molecule has 142 valence electrons. The van der Waals surface area contributed by atoms with Crippen molar-refractivity contribution in [3.63, 3.8) is 0 Å². The van der Waals surface area contributed by atoms with Crippen LogP contribution in [0.5, 0.6) is 11.5 Å². The minimum Gasteiger partial charge on any atom is -0.456 e. The van der Waals surface area contributed by atoms with Crippen LogP contribution in [-0.4, -0.2) is 39.3 Å². The number of nitrogens with one attached hydrogen (secondary N) is 1. The molecule has 1 aromatic carbocycles. The van der Waals surface area contributed by atoms with Crippen LogP contribution in [0, 0.1) is 0 Å². The average Bonchev–Trinajstić information content (AvgIpc) is 3.41. The van der Waals surface area contributed by atoms with E-state index in [1.54, 1.807) is 59.2 Å². The Morgan fingerprint density at radius 2 is 2.00 bits per heavy atom. The lowest BCUT2D eigenvalue weighted by atomic mass is 10.1. The minimum atomic E-state index is -0.484. The first-order valence-electron chi connectivity index (χ1n) is 8.90. The Bertz CT molecular complexity index is 945. The van der Waals surface area contributed by atoms with Gasteiger partial charge < -0.3 is 15.0 Å². The van der Waals surface area contributed by atoms with Crippen LogP contribution in [0.25, 0.3) is 0 Å². The predicted octanol–water partition coefficient (Wildman–Crippen LogP) is 3.57. The third kappa shape index (κ3) is 4.01. The van der Waals surface area contributed by atoms with Gasteiger partial charge in [-0.3, -0.25) is 14.6 Å². The molecule has 0 saturated carbocycles. The Morgan fingerprint density at radius 1 is 1.14 bits per heavy atom. The molecule has 3 heterocycles. The second kappa shape index (κ2) is 8.18. The SMILES string of the molecule is O=C(Nc1nccs1)C1CCCN1C(=O)c1ccc(Oc2cccnc2)cc1. The molecule has 1 saturated heterocycles. The lowest BCUT2D eigenvalue weighted by molar-refractivity contribution is -0.119. The van der Waals surface area contributed by atoms with Crippen molar-refractivity contribution in [3.05, 3.63) is 65.9 Å². The molecule has 2 aromatic heterocycles. The van der Waals surface area contributed by atoms with Crippen LogP contribution in [0.15, 0.2) is 60.4 Å². The topological polar surface area (TPSA) is 84.4 Å². The summed E-state index contributed by atoms with van der Waals surface area (Å²) in [7, 11) is 0. The van der Waals surface area contributed by atoms with E-state index < -0.39 is 6.04 Å². The molecular weight excluding hydrogens is 376 g/mol. The molecule has 4 rings (SSSR count). The van der Waals surface area contributed by atoms with Crippen molar-refractivity contribution in [2.75, 3.05) is 11.9 Å². The van der Waals surface area contributed by atoms with Gasteiger partial charge in [0.05, 0.1) is 6.20 Å². The monoisotopic (exact) mass is 394 g/mol. The highest BCUT2D eigenvalue weighted by molar-refractivity contribution is 7.13. The summed E-state index contributed by atoms with van der Waals surface area (Å²) < 4.78 is 5.70. The second-order valence-corrected chi connectivity index (χ2v) is 7.19. The number of benzene rings is 1. The van der Waals surface area contributed by atoms with E-state index >= 15 is 0 Å². The molecule has 0 radical (unpaired) electrons. The molecule has 3 aromatic rings. The summed E-state index contributed by atoms with van der Waals surface area (Å²) in [6, 6.07) is 10.0. The van der Waals surface area contributed by atoms with Crippen molar-refractivity contribution in [2.45, 2.75) is 18.9 Å². The summed E-state index contributed by atoms with van der Waals surface area (Å²) in [5.41, 5.74) is 0.521. The number of amides is 2. The third-order valence-electron chi connectivity index (χ3n) is 4.45. The quantitative estimate of drug-likeness (QED) is 0.715. The first-order chi connectivity index (χ1) is 13.7. The number of thiazole rings is 1. The van der Waals surface area contributed by atoms with Crippen molar-refractivity contribution < 1.29 is 14.3 Å². The highest BCUT2D eigenvalue weighted by atomic mass is 32.1. The molecule has 1 fully saturated rings. The normalized spacial score (nSPS) is 16.0. The number of likely N-dealkylation sites (tertiary alicyclic amines) is 1. The fourth-order valence-electron chi connectivity index (χ4n) is 3.13. The molecule has 1 N–H and O–H groups in total. The summed E-state index contributed by atoms with van der Waals surface area (Å²) in [6.45, 7) is 0.558. The van der Waals surface area contributed by atoms with E-state index in [2.05, 4.69) is 15.3 Å². The molecular formula is C20H18N4O3S. The van der Waals surface area contributed by atoms with E-state index in [4.69, 9.17) is 4.74 Å². The third-order valence-corrected chi connectivity index (χ3v) is 5.14. The van der Waals surface area contributed by atoms with Crippen LogP contribution >= 0.6 is 11.3 Å². The van der Waals surface area contributed by atoms with Crippen molar-refractivity contribution in [2.24, 2.45) is 0 Å². The van der Waals surface area contributed by atoms with Gasteiger partial charge in [-0.1, -0.05) is 0 Å². The Morgan fingerprint density at radius 3 is 2.71 bits per heavy atom. The average molecular weight is 394 g/mol. The first kappa shape index (κ1) is 18.1. The summed E-state index contributed by atoms with van der Waals surface area (Å²) in [5, 5.41) is 5.12. The molecule has 1 unspecified atom stereocenters. The Balaban J connectivity index is 1.43. The Kier molecular flexibility index (Phi) is 5.29. The molecule has 1 aliphatic heterocycles. The van der Waals surface area contributed by atoms with Gasteiger partial charge in [0.15, 0.2) is 5.13 Å². The zero-order chi connectivity index (χ0) is 19.3. The van der Waals surface area contributed by atoms with Crippen molar-refractivity contribution in [1.82, 2.24) is 14.9 Å². The summed E-state index contributed by atoms with van der Waals surface area (Å²) >= 11 is 1.35. The van der Waals surface area contributed by atoms with Gasteiger partial charge in [0, 0.05) is 29.9 Å². The molecule has 1 aliphatic rings. The van der Waals surface area contributed by atoms with Gasteiger partial charge in [0.1, 0.15) is 17.5 Å². The maximum absolute atomic E-state index is 12.9. The van der Waals surface area contributed by atoms with Gasteiger partial charge in [-0.15, -0.1) is 11.3 Å². The predicted molar refractivity (Wildman–Crippen MR) is 106 cm³/mol. The van der Waals surface area contributed by atoms with Crippen LogP contribution in [0.1, 0.15) is 23.2 Å². The van der Waals surface area contributed by atoms with Crippen LogP contribution in [-0.2, 0) is 4.79 Å². The molecule has 8 heteroatoms. The lowest BCUT2D eigenvalue weighted by Gasteiger charge is -2.23. The van der Waals surface area contributed by atoms with Crippen molar-refractivity contribution >= 4 is 28.3 Å². The number of carbonyl (C=O) groups is 2. The summed E-state index contributed by atoms with van der Waals surface area (Å²) in [4.78, 5) is 35.2. The van der Waals surface area contributed by atoms with E-state index in [0.29, 0.717) is 35.2 Å². The van der Waals surface area contributed by atoms with Crippen molar-refractivity contribution in [1.29, 1.82) is 0 Å². The number of carbonyl (C=O) groups excluding carboxylic acids is 2. The number of aromatic nitrogens is 2. The van der Waals surface area contributed by atoms with E-state index in [9.17, 15) is 9.59 Å². The Hall–Kier alpha value is -3.26.